The van der Waals surface area contributed by atoms with Gasteiger partial charge in [0.15, 0.2) is 0 Å². The molecule has 2 nitrogen and oxygen atoms in total. The normalized spacial score (nSPS) is 10.4. The summed E-state index contributed by atoms with van der Waals surface area (Å²) in [7, 11) is 1.72. The molecule has 0 aliphatic carbocycles. The molecule has 0 unspecified atom stereocenters. The Morgan fingerprint density at radius 1 is 0.947 bits per heavy atom. The molecular weight excluding hydrogens is 234 g/mol. The number of rotatable bonds is 6. The van der Waals surface area contributed by atoms with Gasteiger partial charge in [0.1, 0.15) is 0 Å². The van der Waals surface area contributed by atoms with Crippen molar-refractivity contribution in [2.75, 3.05) is 12.4 Å². The van der Waals surface area contributed by atoms with Gasteiger partial charge in [0, 0.05) is 19.3 Å². The first kappa shape index (κ1) is 13.6. The topological polar surface area (TPSA) is 21.3 Å². The smallest absolute Gasteiger partial charge is 0.0713 e. The molecule has 100 valence electrons. The van der Waals surface area contributed by atoms with Crippen LogP contribution in [-0.4, -0.2) is 7.11 Å². The maximum absolute atomic E-state index is 5.16. The quantitative estimate of drug-likeness (QED) is 0.842. The van der Waals surface area contributed by atoms with Crippen molar-refractivity contribution < 1.29 is 4.74 Å². The predicted octanol–water partition coefficient (Wildman–Crippen LogP) is 4.01. The highest BCUT2D eigenvalue weighted by atomic mass is 16.5. The third kappa shape index (κ3) is 4.11. The lowest BCUT2D eigenvalue weighted by molar-refractivity contribution is 0.185. The van der Waals surface area contributed by atoms with E-state index in [-0.39, 0.29) is 0 Å². The summed E-state index contributed by atoms with van der Waals surface area (Å²) in [6.45, 7) is 3.68. The zero-order chi connectivity index (χ0) is 13.5. The third-order valence-electron chi connectivity index (χ3n) is 3.13. The van der Waals surface area contributed by atoms with Crippen LogP contribution in [0.25, 0.3) is 0 Å². The molecule has 2 aromatic carbocycles. The summed E-state index contributed by atoms with van der Waals surface area (Å²) in [4.78, 5) is 0. The van der Waals surface area contributed by atoms with E-state index >= 15 is 0 Å². The Morgan fingerprint density at radius 2 is 1.68 bits per heavy atom. The van der Waals surface area contributed by atoms with E-state index in [1.165, 1.54) is 22.4 Å². The Hall–Kier alpha value is -1.80. The third-order valence-corrected chi connectivity index (χ3v) is 3.13. The van der Waals surface area contributed by atoms with Gasteiger partial charge in [-0.15, -0.1) is 0 Å². The van der Waals surface area contributed by atoms with Crippen LogP contribution in [0.1, 0.15) is 23.6 Å². The maximum atomic E-state index is 5.16. The first-order valence-corrected chi connectivity index (χ1v) is 6.71. The van der Waals surface area contributed by atoms with Crippen LogP contribution in [0, 0.1) is 0 Å². The fourth-order valence-electron chi connectivity index (χ4n) is 2.10. The van der Waals surface area contributed by atoms with Gasteiger partial charge in [0.05, 0.1) is 6.61 Å². The number of aryl methyl sites for hydroxylation is 1. The second kappa shape index (κ2) is 6.95. The number of ether oxygens (including phenoxy) is 1. The van der Waals surface area contributed by atoms with Crippen molar-refractivity contribution in [1.82, 2.24) is 0 Å². The van der Waals surface area contributed by atoms with E-state index < -0.39 is 0 Å². The van der Waals surface area contributed by atoms with Crippen molar-refractivity contribution in [3.63, 3.8) is 0 Å². The predicted molar refractivity (Wildman–Crippen MR) is 80.3 cm³/mol. The average Bonchev–Trinajstić information content (AvgIpc) is 2.46. The van der Waals surface area contributed by atoms with Crippen LogP contribution in [0.15, 0.2) is 48.5 Å². The zero-order valence-electron chi connectivity index (χ0n) is 11.6. The first-order valence-electron chi connectivity index (χ1n) is 6.71. The minimum atomic E-state index is 0.666. The molecule has 0 heterocycles. The van der Waals surface area contributed by atoms with Crippen molar-refractivity contribution in [3.8, 4) is 0 Å². The van der Waals surface area contributed by atoms with Gasteiger partial charge in [-0.1, -0.05) is 43.3 Å². The molecule has 19 heavy (non-hydrogen) atoms. The van der Waals surface area contributed by atoms with Gasteiger partial charge in [-0.05, 0) is 35.2 Å². The lowest BCUT2D eigenvalue weighted by atomic mass is 10.1. The van der Waals surface area contributed by atoms with Crippen LogP contribution in [0.3, 0.4) is 0 Å². The Kier molecular flexibility index (Phi) is 4.99. The zero-order valence-corrected chi connectivity index (χ0v) is 11.6. The fraction of sp³-hybridized carbons (Fsp3) is 0.294. The molecule has 0 aliphatic rings. The molecule has 1 N–H and O–H groups in total. The van der Waals surface area contributed by atoms with Gasteiger partial charge < -0.3 is 10.1 Å². The Balaban J connectivity index is 1.99. The van der Waals surface area contributed by atoms with Crippen molar-refractivity contribution in [2.24, 2.45) is 0 Å². The lowest BCUT2D eigenvalue weighted by Crippen LogP contribution is -2.00. The van der Waals surface area contributed by atoms with Crippen LogP contribution in [-0.2, 0) is 24.3 Å². The lowest BCUT2D eigenvalue weighted by Gasteiger charge is -2.09. The van der Waals surface area contributed by atoms with E-state index in [0.717, 1.165) is 13.0 Å². The second-order valence-electron chi connectivity index (χ2n) is 4.66. The molecule has 0 saturated carbocycles. The van der Waals surface area contributed by atoms with Crippen LogP contribution in [0.2, 0.25) is 0 Å². The number of anilines is 1. The monoisotopic (exact) mass is 255 g/mol. The van der Waals surface area contributed by atoms with E-state index in [4.69, 9.17) is 4.74 Å². The van der Waals surface area contributed by atoms with Crippen molar-refractivity contribution in [1.29, 1.82) is 0 Å². The van der Waals surface area contributed by atoms with Gasteiger partial charge in [0.2, 0.25) is 0 Å². The van der Waals surface area contributed by atoms with E-state index in [1.54, 1.807) is 7.11 Å². The van der Waals surface area contributed by atoms with Gasteiger partial charge in [0.25, 0.3) is 0 Å². The molecule has 0 aliphatic heterocycles. The number of hydrogen-bond donors (Lipinski definition) is 1. The SMILES string of the molecule is CCc1cccc(NCc2cccc(COC)c2)c1. The molecule has 0 atom stereocenters. The summed E-state index contributed by atoms with van der Waals surface area (Å²) in [5, 5.41) is 3.46. The molecule has 0 spiro atoms. The highest BCUT2D eigenvalue weighted by molar-refractivity contribution is 5.46. The van der Waals surface area contributed by atoms with Crippen LogP contribution in [0.4, 0.5) is 5.69 Å². The van der Waals surface area contributed by atoms with Gasteiger partial charge in [-0.3, -0.25) is 0 Å². The fourth-order valence-corrected chi connectivity index (χ4v) is 2.10. The van der Waals surface area contributed by atoms with Crippen molar-refractivity contribution >= 4 is 5.69 Å². The minimum absolute atomic E-state index is 0.666. The number of hydrogen-bond acceptors (Lipinski definition) is 2. The van der Waals surface area contributed by atoms with Gasteiger partial charge in [-0.25, -0.2) is 0 Å². The van der Waals surface area contributed by atoms with E-state index in [9.17, 15) is 0 Å². The Labute approximate surface area is 115 Å². The summed E-state index contributed by atoms with van der Waals surface area (Å²) in [6, 6.07) is 17.1. The summed E-state index contributed by atoms with van der Waals surface area (Å²) in [6.07, 6.45) is 1.07. The number of methoxy groups -OCH3 is 1. The van der Waals surface area contributed by atoms with E-state index in [1.807, 2.05) is 0 Å². The maximum Gasteiger partial charge on any atom is 0.0713 e. The van der Waals surface area contributed by atoms with Crippen molar-refractivity contribution in [3.05, 3.63) is 65.2 Å². The van der Waals surface area contributed by atoms with Gasteiger partial charge in [-0.2, -0.15) is 0 Å². The number of benzene rings is 2. The first-order chi connectivity index (χ1) is 9.31. The summed E-state index contributed by atoms with van der Waals surface area (Å²) < 4.78 is 5.16. The Bertz CT molecular complexity index is 522. The number of nitrogens with one attached hydrogen (secondary N) is 1. The summed E-state index contributed by atoms with van der Waals surface area (Å²) >= 11 is 0. The van der Waals surface area contributed by atoms with Crippen molar-refractivity contribution in [2.45, 2.75) is 26.5 Å². The second-order valence-corrected chi connectivity index (χ2v) is 4.66. The summed E-state index contributed by atoms with van der Waals surface area (Å²) in [5.74, 6) is 0. The van der Waals surface area contributed by atoms with E-state index in [0.29, 0.717) is 6.61 Å². The largest absolute Gasteiger partial charge is 0.381 e. The standard InChI is InChI=1S/C17H21NO/c1-3-14-6-5-9-17(11-14)18-12-15-7-4-8-16(10-15)13-19-2/h4-11,18H,3,12-13H2,1-2H3. The summed E-state index contributed by atoms with van der Waals surface area (Å²) in [5.41, 5.74) is 5.02. The molecule has 0 fully saturated rings. The molecule has 2 heteroatoms. The molecule has 2 rings (SSSR count). The highest BCUT2D eigenvalue weighted by Gasteiger charge is 1.97. The molecular formula is C17H21NO. The Morgan fingerprint density at radius 3 is 2.47 bits per heavy atom. The molecule has 0 saturated heterocycles. The molecule has 0 radical (unpaired) electrons. The van der Waals surface area contributed by atoms with Crippen LogP contribution >= 0.6 is 0 Å². The molecule has 0 aromatic heterocycles. The minimum Gasteiger partial charge on any atom is -0.381 e. The molecule has 0 amide bonds. The van der Waals surface area contributed by atoms with E-state index in [2.05, 4.69) is 60.8 Å². The average molecular weight is 255 g/mol. The molecule has 2 aromatic rings. The highest BCUT2D eigenvalue weighted by Crippen LogP contribution is 2.13. The van der Waals surface area contributed by atoms with Crippen LogP contribution < -0.4 is 5.32 Å². The molecule has 0 bridgehead atoms. The van der Waals surface area contributed by atoms with Gasteiger partial charge >= 0.3 is 0 Å². The van der Waals surface area contributed by atoms with Crippen LogP contribution in [0.5, 0.6) is 0 Å².